The van der Waals surface area contributed by atoms with Gasteiger partial charge in [-0.05, 0) is 49.6 Å². The Hall–Kier alpha value is -3.28. The molecule has 1 fully saturated rings. The molecule has 0 atom stereocenters. The number of rotatable bonds is 3. The molecule has 5 rings (SSSR count). The van der Waals surface area contributed by atoms with Gasteiger partial charge in [-0.1, -0.05) is 24.3 Å². The Kier molecular flexibility index (Phi) is 4.24. The summed E-state index contributed by atoms with van der Waals surface area (Å²) in [7, 11) is 0. The fourth-order valence-corrected chi connectivity index (χ4v) is 3.92. The molecule has 0 amide bonds. The van der Waals surface area contributed by atoms with Crippen LogP contribution in [0.3, 0.4) is 0 Å². The molecule has 6 nitrogen and oxygen atoms in total. The van der Waals surface area contributed by atoms with Gasteiger partial charge in [0.05, 0.1) is 12.2 Å². The Bertz CT molecular complexity index is 998. The van der Waals surface area contributed by atoms with E-state index >= 15 is 0 Å². The molecule has 142 valence electrons. The highest BCUT2D eigenvalue weighted by molar-refractivity contribution is 6.03. The third-order valence-corrected chi connectivity index (χ3v) is 5.39. The minimum Gasteiger partial charge on any atom is -0.372 e. The summed E-state index contributed by atoms with van der Waals surface area (Å²) in [4.78, 5) is 7.20. The second-order valence-corrected chi connectivity index (χ2v) is 7.44. The van der Waals surface area contributed by atoms with Crippen molar-refractivity contribution in [3.8, 4) is 0 Å². The number of hydrogen-bond acceptors (Lipinski definition) is 4. The van der Waals surface area contributed by atoms with E-state index in [2.05, 4.69) is 68.0 Å². The van der Waals surface area contributed by atoms with Gasteiger partial charge >= 0.3 is 0 Å². The normalized spacial score (nSPS) is 17.7. The Morgan fingerprint density at radius 2 is 1.71 bits per heavy atom. The monoisotopic (exact) mass is 372 g/mol. The molecule has 2 aliphatic rings. The largest absolute Gasteiger partial charge is 0.372 e. The fourth-order valence-electron chi connectivity index (χ4n) is 3.92. The van der Waals surface area contributed by atoms with E-state index in [-0.39, 0.29) is 0 Å². The molecule has 2 aromatic carbocycles. The SMILES string of the molecule is Cc1cc(N=C2NN(c3ccc(N4CCCC4)cc3)Cc3ccccc32)n[nH]1. The first-order valence-electron chi connectivity index (χ1n) is 9.84. The van der Waals surface area contributed by atoms with E-state index in [0.29, 0.717) is 5.82 Å². The number of amidine groups is 1. The molecular formula is C22H24N6. The van der Waals surface area contributed by atoms with E-state index in [4.69, 9.17) is 4.99 Å². The average Bonchev–Trinajstić information content (AvgIpc) is 3.40. The number of aryl methyl sites for hydroxylation is 1. The summed E-state index contributed by atoms with van der Waals surface area (Å²) in [6.07, 6.45) is 2.58. The molecular weight excluding hydrogens is 348 g/mol. The number of H-pyrrole nitrogens is 1. The number of nitrogens with one attached hydrogen (secondary N) is 2. The summed E-state index contributed by atoms with van der Waals surface area (Å²) in [5, 5.41) is 9.36. The van der Waals surface area contributed by atoms with Crippen molar-refractivity contribution in [1.82, 2.24) is 15.6 Å². The summed E-state index contributed by atoms with van der Waals surface area (Å²) in [6, 6.07) is 19.1. The summed E-state index contributed by atoms with van der Waals surface area (Å²) >= 11 is 0. The van der Waals surface area contributed by atoms with Crippen molar-refractivity contribution in [1.29, 1.82) is 0 Å². The van der Waals surface area contributed by atoms with Crippen LogP contribution in [0.4, 0.5) is 17.2 Å². The first kappa shape index (κ1) is 16.9. The van der Waals surface area contributed by atoms with E-state index in [1.165, 1.54) is 24.1 Å². The van der Waals surface area contributed by atoms with Crippen LogP contribution < -0.4 is 15.3 Å². The van der Waals surface area contributed by atoms with Crippen LogP contribution in [0.25, 0.3) is 0 Å². The standard InChI is InChI=1S/C22H24N6/c1-16-14-21(25-24-16)23-22-20-7-3-2-6-17(20)15-28(26-22)19-10-8-18(9-11-19)27-12-4-5-13-27/h2-3,6-11,14H,4-5,12-13,15H2,1H3,(H2,23,24,25,26). The highest BCUT2D eigenvalue weighted by Gasteiger charge is 2.22. The Morgan fingerprint density at radius 1 is 0.964 bits per heavy atom. The summed E-state index contributed by atoms with van der Waals surface area (Å²) < 4.78 is 0. The third-order valence-electron chi connectivity index (χ3n) is 5.39. The van der Waals surface area contributed by atoms with Crippen molar-refractivity contribution < 1.29 is 0 Å². The van der Waals surface area contributed by atoms with Gasteiger partial charge < -0.3 is 4.90 Å². The van der Waals surface area contributed by atoms with E-state index < -0.39 is 0 Å². The number of aromatic nitrogens is 2. The average molecular weight is 372 g/mol. The van der Waals surface area contributed by atoms with Crippen LogP contribution in [0.1, 0.15) is 29.7 Å². The van der Waals surface area contributed by atoms with Crippen LogP contribution >= 0.6 is 0 Å². The number of benzene rings is 2. The maximum absolute atomic E-state index is 4.75. The molecule has 3 aromatic rings. The van der Waals surface area contributed by atoms with Crippen molar-refractivity contribution in [2.24, 2.45) is 4.99 Å². The lowest BCUT2D eigenvalue weighted by Gasteiger charge is -2.33. The Morgan fingerprint density at radius 3 is 2.46 bits per heavy atom. The van der Waals surface area contributed by atoms with Crippen molar-refractivity contribution in [2.75, 3.05) is 23.0 Å². The zero-order valence-electron chi connectivity index (χ0n) is 16.0. The lowest BCUT2D eigenvalue weighted by molar-refractivity contribution is 0.741. The number of fused-ring (bicyclic) bond motifs is 1. The van der Waals surface area contributed by atoms with Crippen molar-refractivity contribution >= 4 is 23.0 Å². The van der Waals surface area contributed by atoms with Crippen molar-refractivity contribution in [3.63, 3.8) is 0 Å². The number of aromatic amines is 1. The Labute approximate surface area is 164 Å². The van der Waals surface area contributed by atoms with Crippen LogP contribution in [0, 0.1) is 6.92 Å². The van der Waals surface area contributed by atoms with Crippen LogP contribution in [0.15, 0.2) is 59.6 Å². The zero-order chi connectivity index (χ0) is 18.9. The van der Waals surface area contributed by atoms with Crippen molar-refractivity contribution in [2.45, 2.75) is 26.3 Å². The van der Waals surface area contributed by atoms with Crippen molar-refractivity contribution in [3.05, 3.63) is 71.4 Å². The highest BCUT2D eigenvalue weighted by atomic mass is 15.5. The first-order chi connectivity index (χ1) is 13.8. The minimum absolute atomic E-state index is 0.682. The van der Waals surface area contributed by atoms with Gasteiger partial charge in [0.25, 0.3) is 0 Å². The predicted molar refractivity (Wildman–Crippen MR) is 113 cm³/mol. The molecule has 0 radical (unpaired) electrons. The van der Waals surface area contributed by atoms with Crippen LogP contribution in [0.2, 0.25) is 0 Å². The number of anilines is 2. The molecule has 0 aliphatic carbocycles. The molecule has 0 unspecified atom stereocenters. The predicted octanol–water partition coefficient (Wildman–Crippen LogP) is 3.92. The van der Waals surface area contributed by atoms with Gasteiger partial charge in [0.1, 0.15) is 0 Å². The van der Waals surface area contributed by atoms with Gasteiger partial charge in [-0.3, -0.25) is 15.5 Å². The summed E-state index contributed by atoms with van der Waals surface area (Å²) in [5.41, 5.74) is 9.28. The minimum atomic E-state index is 0.682. The molecule has 28 heavy (non-hydrogen) atoms. The molecule has 2 aliphatic heterocycles. The highest BCUT2D eigenvalue weighted by Crippen LogP contribution is 2.27. The van der Waals surface area contributed by atoms with Crippen LogP contribution in [0.5, 0.6) is 0 Å². The molecule has 0 saturated carbocycles. The second-order valence-electron chi connectivity index (χ2n) is 7.44. The molecule has 0 spiro atoms. The number of hydrogen-bond donors (Lipinski definition) is 2. The molecule has 1 saturated heterocycles. The zero-order valence-corrected chi connectivity index (χ0v) is 16.0. The van der Waals surface area contributed by atoms with Gasteiger partial charge in [-0.15, -0.1) is 0 Å². The van der Waals surface area contributed by atoms with Gasteiger partial charge in [0.2, 0.25) is 0 Å². The van der Waals surface area contributed by atoms with Gasteiger partial charge in [0, 0.05) is 36.1 Å². The Balaban J connectivity index is 1.45. The molecule has 1 aromatic heterocycles. The maximum atomic E-state index is 4.75. The van der Waals surface area contributed by atoms with E-state index in [0.717, 1.165) is 42.4 Å². The van der Waals surface area contributed by atoms with E-state index in [9.17, 15) is 0 Å². The second kappa shape index (κ2) is 7.03. The van der Waals surface area contributed by atoms with E-state index in [1.807, 2.05) is 19.1 Å². The lowest BCUT2D eigenvalue weighted by Crippen LogP contribution is -2.46. The number of aliphatic imine (C=N–C) groups is 1. The fraction of sp³-hybridized carbons (Fsp3) is 0.273. The van der Waals surface area contributed by atoms with Gasteiger partial charge in [0.15, 0.2) is 11.7 Å². The quantitative estimate of drug-likeness (QED) is 0.732. The maximum Gasteiger partial charge on any atom is 0.176 e. The number of hydrazine groups is 1. The molecule has 3 heterocycles. The van der Waals surface area contributed by atoms with Crippen LogP contribution in [-0.2, 0) is 6.54 Å². The summed E-state index contributed by atoms with van der Waals surface area (Å²) in [5.74, 6) is 1.50. The molecule has 2 N–H and O–H groups in total. The molecule has 6 heteroatoms. The first-order valence-corrected chi connectivity index (χ1v) is 9.84. The molecule has 0 bridgehead atoms. The topological polar surface area (TPSA) is 59.6 Å². The van der Waals surface area contributed by atoms with Crippen LogP contribution in [-0.4, -0.2) is 29.1 Å². The number of nitrogens with zero attached hydrogens (tertiary/aromatic N) is 4. The third kappa shape index (κ3) is 3.22. The van der Waals surface area contributed by atoms with E-state index in [1.54, 1.807) is 0 Å². The summed E-state index contributed by atoms with van der Waals surface area (Å²) in [6.45, 7) is 5.09. The van der Waals surface area contributed by atoms with Gasteiger partial charge in [-0.25, -0.2) is 4.99 Å². The van der Waals surface area contributed by atoms with Gasteiger partial charge in [-0.2, -0.15) is 5.10 Å². The lowest BCUT2D eigenvalue weighted by atomic mass is 10.0. The smallest absolute Gasteiger partial charge is 0.176 e.